The highest BCUT2D eigenvalue weighted by Crippen LogP contribution is 2.43. The van der Waals surface area contributed by atoms with Gasteiger partial charge in [-0.3, -0.25) is 9.78 Å². The van der Waals surface area contributed by atoms with Gasteiger partial charge < -0.3 is 19.4 Å². The van der Waals surface area contributed by atoms with E-state index in [1.165, 1.54) is 17.2 Å². The van der Waals surface area contributed by atoms with Crippen molar-refractivity contribution in [1.82, 2.24) is 24.8 Å². The fourth-order valence-corrected chi connectivity index (χ4v) is 6.98. The first-order valence-corrected chi connectivity index (χ1v) is 14.6. The zero-order chi connectivity index (χ0) is 30.0. The first-order chi connectivity index (χ1) is 20.7. The Hall–Kier alpha value is -3.96. The summed E-state index contributed by atoms with van der Waals surface area (Å²) in [4.78, 5) is 31.1. The van der Waals surface area contributed by atoms with Gasteiger partial charge in [0, 0.05) is 58.3 Å². The maximum atomic E-state index is 16.6. The second-order valence-electron chi connectivity index (χ2n) is 11.4. The third-order valence-corrected chi connectivity index (χ3v) is 9.29. The van der Waals surface area contributed by atoms with Crippen LogP contribution >= 0.6 is 11.6 Å². The Kier molecular flexibility index (Phi) is 6.89. The highest BCUT2D eigenvalue weighted by Gasteiger charge is 2.50. The van der Waals surface area contributed by atoms with Crippen LogP contribution in [0.25, 0.3) is 32.8 Å². The Balaban J connectivity index is 1.34. The predicted octanol–water partition coefficient (Wildman–Crippen LogP) is 5.52. The molecule has 8 nitrogen and oxygen atoms in total. The monoisotopic (exact) mass is 608 g/mol. The van der Waals surface area contributed by atoms with Gasteiger partial charge >= 0.3 is 6.01 Å². The summed E-state index contributed by atoms with van der Waals surface area (Å²) in [6.07, 6.45) is 5.52. The van der Waals surface area contributed by atoms with E-state index in [0.717, 1.165) is 19.4 Å². The van der Waals surface area contributed by atoms with E-state index in [4.69, 9.17) is 16.3 Å². The summed E-state index contributed by atoms with van der Waals surface area (Å²) in [5, 5.41) is 1.62. The number of halogens is 4. The van der Waals surface area contributed by atoms with Gasteiger partial charge in [-0.05, 0) is 45.0 Å². The number of anilines is 1. The molecule has 4 aromatic rings. The van der Waals surface area contributed by atoms with Crippen molar-refractivity contribution in [3.63, 3.8) is 0 Å². The lowest BCUT2D eigenvalue weighted by Gasteiger charge is -2.47. The molecule has 0 aliphatic carbocycles. The molecule has 43 heavy (non-hydrogen) atoms. The van der Waals surface area contributed by atoms with Crippen molar-refractivity contribution in [3.05, 3.63) is 65.7 Å². The Morgan fingerprint density at radius 3 is 2.77 bits per heavy atom. The van der Waals surface area contributed by atoms with E-state index in [1.54, 1.807) is 24.4 Å². The highest BCUT2D eigenvalue weighted by molar-refractivity contribution is 6.36. The van der Waals surface area contributed by atoms with Crippen molar-refractivity contribution >= 4 is 45.0 Å². The minimum Gasteiger partial charge on any atom is -0.462 e. The summed E-state index contributed by atoms with van der Waals surface area (Å²) in [6, 6.07) is 6.06. The molecule has 3 atom stereocenters. The van der Waals surface area contributed by atoms with E-state index in [9.17, 15) is 9.18 Å². The SMILES string of the molecule is C=C(F)C(=O)N1CC[C@@H]2[C@H]1CN2c1nc(OCC2CCCN2C)nc2c(F)c(-c3cncc4cccc(Cl)c34)c(F)cc12. The fraction of sp³-hybridized carbons (Fsp3) is 0.355. The first-order valence-electron chi connectivity index (χ1n) is 14.2. The normalized spacial score (nSPS) is 21.8. The molecule has 12 heteroatoms. The van der Waals surface area contributed by atoms with E-state index in [-0.39, 0.29) is 46.2 Å². The van der Waals surface area contributed by atoms with Crippen LogP contribution in [0.2, 0.25) is 5.02 Å². The van der Waals surface area contributed by atoms with E-state index < -0.39 is 23.4 Å². The Morgan fingerprint density at radius 1 is 1.16 bits per heavy atom. The van der Waals surface area contributed by atoms with Gasteiger partial charge in [0.05, 0.1) is 17.6 Å². The van der Waals surface area contributed by atoms with Crippen LogP contribution in [0.1, 0.15) is 19.3 Å². The lowest BCUT2D eigenvalue weighted by atomic mass is 9.95. The average Bonchev–Trinajstić information content (AvgIpc) is 3.53. The number of benzene rings is 2. The van der Waals surface area contributed by atoms with Crippen molar-refractivity contribution in [2.45, 2.75) is 37.4 Å². The zero-order valence-corrected chi connectivity index (χ0v) is 24.1. The quantitative estimate of drug-likeness (QED) is 0.267. The van der Waals surface area contributed by atoms with E-state index in [0.29, 0.717) is 47.7 Å². The van der Waals surface area contributed by atoms with Gasteiger partial charge in [-0.1, -0.05) is 30.3 Å². The molecule has 2 aromatic heterocycles. The van der Waals surface area contributed by atoms with Gasteiger partial charge in [-0.2, -0.15) is 9.97 Å². The van der Waals surface area contributed by atoms with Crippen LogP contribution in [0, 0.1) is 11.6 Å². The van der Waals surface area contributed by atoms with Crippen molar-refractivity contribution in [1.29, 1.82) is 0 Å². The number of pyridine rings is 1. The number of ether oxygens (including phenoxy) is 1. The molecular formula is C31H28ClF3N6O2. The molecule has 2 aromatic carbocycles. The van der Waals surface area contributed by atoms with Crippen LogP contribution in [-0.4, -0.2) is 82.1 Å². The van der Waals surface area contributed by atoms with E-state index in [2.05, 4.69) is 26.4 Å². The molecule has 0 radical (unpaired) electrons. The molecular weight excluding hydrogens is 581 g/mol. The number of carbonyl (C=O) groups is 1. The van der Waals surface area contributed by atoms with Crippen molar-refractivity contribution in [2.75, 3.05) is 38.2 Å². The summed E-state index contributed by atoms with van der Waals surface area (Å²) in [5.41, 5.74) is -0.201. The number of aromatic nitrogens is 3. The lowest BCUT2D eigenvalue weighted by molar-refractivity contribution is -0.130. The molecule has 5 heterocycles. The number of hydrogen-bond donors (Lipinski definition) is 0. The number of rotatable bonds is 6. The molecule has 3 aliphatic heterocycles. The number of likely N-dealkylation sites (N-methyl/N-ethyl adjacent to an activating group) is 1. The van der Waals surface area contributed by atoms with Crippen molar-refractivity contribution in [3.8, 4) is 17.1 Å². The summed E-state index contributed by atoms with van der Waals surface area (Å²) in [6.45, 7) is 5.06. The molecule has 0 spiro atoms. The number of likely N-dealkylation sites (tertiary alicyclic amines) is 2. The van der Waals surface area contributed by atoms with Gasteiger partial charge in [0.15, 0.2) is 11.6 Å². The molecule has 0 N–H and O–H groups in total. The molecule has 3 saturated heterocycles. The van der Waals surface area contributed by atoms with Crippen molar-refractivity contribution < 1.29 is 22.7 Å². The molecule has 7 rings (SSSR count). The van der Waals surface area contributed by atoms with E-state index >= 15 is 8.78 Å². The first kappa shape index (κ1) is 27.8. The maximum absolute atomic E-state index is 16.6. The Labute approximate surface area is 250 Å². The van der Waals surface area contributed by atoms with Crippen LogP contribution in [-0.2, 0) is 4.79 Å². The minimum atomic E-state index is -1.01. The van der Waals surface area contributed by atoms with Gasteiger partial charge in [0.25, 0.3) is 5.91 Å². The average molecular weight is 609 g/mol. The lowest BCUT2D eigenvalue weighted by Crippen LogP contribution is -2.63. The van der Waals surface area contributed by atoms with Crippen LogP contribution in [0.15, 0.2) is 49.1 Å². The number of fused-ring (bicyclic) bond motifs is 3. The topological polar surface area (TPSA) is 74.7 Å². The van der Waals surface area contributed by atoms with Crippen LogP contribution < -0.4 is 9.64 Å². The Bertz CT molecular complexity index is 1800. The number of nitrogens with zero attached hydrogens (tertiary/aromatic N) is 6. The highest BCUT2D eigenvalue weighted by atomic mass is 35.5. The summed E-state index contributed by atoms with van der Waals surface area (Å²) < 4.78 is 52.2. The molecule has 3 aliphatic rings. The van der Waals surface area contributed by atoms with Crippen LogP contribution in [0.3, 0.4) is 0 Å². The third kappa shape index (κ3) is 4.56. The molecule has 3 fully saturated rings. The molecule has 1 amide bonds. The Morgan fingerprint density at radius 2 is 2.00 bits per heavy atom. The summed E-state index contributed by atoms with van der Waals surface area (Å²) >= 11 is 6.49. The molecule has 222 valence electrons. The number of carbonyl (C=O) groups excluding carboxylic acids is 1. The second kappa shape index (κ2) is 10.6. The largest absolute Gasteiger partial charge is 0.462 e. The standard InChI is InChI=1S/C31H28ClF3N6O2/c1-16(33)30(42)40-10-8-23-24(40)14-41(23)29-19-11-22(34)26(20-13-36-12-17-5-3-7-21(32)25(17)20)27(35)28(19)37-31(38-29)43-15-18-6-4-9-39(18)2/h3,5,7,11-13,18,23-24H,1,4,6,8-10,14-15H2,2H3/t18?,23-,24-/m1/s1. The predicted molar refractivity (Wildman–Crippen MR) is 158 cm³/mol. The molecule has 0 bridgehead atoms. The van der Waals surface area contributed by atoms with Gasteiger partial charge in [0.1, 0.15) is 23.8 Å². The van der Waals surface area contributed by atoms with E-state index in [1.807, 2.05) is 11.9 Å². The smallest absolute Gasteiger partial charge is 0.319 e. The summed E-state index contributed by atoms with van der Waals surface area (Å²) in [5.74, 6) is -3.16. The molecule has 1 unspecified atom stereocenters. The van der Waals surface area contributed by atoms with Crippen LogP contribution in [0.5, 0.6) is 6.01 Å². The number of hydrogen-bond acceptors (Lipinski definition) is 7. The second-order valence-corrected chi connectivity index (χ2v) is 11.8. The van der Waals surface area contributed by atoms with Gasteiger partial charge in [-0.25, -0.2) is 13.2 Å². The zero-order valence-electron chi connectivity index (χ0n) is 23.4. The minimum absolute atomic E-state index is 0.0279. The third-order valence-electron chi connectivity index (χ3n) is 8.98. The van der Waals surface area contributed by atoms with Gasteiger partial charge in [-0.15, -0.1) is 0 Å². The molecule has 0 saturated carbocycles. The summed E-state index contributed by atoms with van der Waals surface area (Å²) in [7, 11) is 2.02. The van der Waals surface area contributed by atoms with Crippen molar-refractivity contribution in [2.24, 2.45) is 0 Å². The maximum Gasteiger partial charge on any atom is 0.319 e. The van der Waals surface area contributed by atoms with Crippen LogP contribution in [0.4, 0.5) is 19.0 Å². The van der Waals surface area contributed by atoms with Gasteiger partial charge in [0.2, 0.25) is 0 Å². The fourth-order valence-electron chi connectivity index (χ4n) is 6.70. The number of amides is 1.